The van der Waals surface area contributed by atoms with E-state index in [0.29, 0.717) is 0 Å². The third-order valence-electron chi connectivity index (χ3n) is 3.55. The molecule has 1 saturated carbocycles. The lowest BCUT2D eigenvalue weighted by molar-refractivity contribution is 0.291. The number of rotatable bonds is 8. The molecule has 1 aliphatic carbocycles. The molecule has 0 aliphatic heterocycles. The highest BCUT2D eigenvalue weighted by Crippen LogP contribution is 2.29. The monoisotopic (exact) mass is 259 g/mol. The Labute approximate surface area is 117 Å². The van der Waals surface area contributed by atoms with E-state index in [1.807, 2.05) is 12.1 Å². The molecule has 0 radical (unpaired) electrons. The molecule has 0 aromatic heterocycles. The molecule has 2 rings (SSSR count). The van der Waals surface area contributed by atoms with Gasteiger partial charge in [0.1, 0.15) is 5.75 Å². The third kappa shape index (κ3) is 4.71. The Morgan fingerprint density at radius 3 is 2.79 bits per heavy atom. The van der Waals surface area contributed by atoms with E-state index in [4.69, 9.17) is 4.74 Å². The fourth-order valence-electron chi connectivity index (χ4n) is 2.37. The molecule has 1 aromatic rings. The molecule has 0 bridgehead atoms. The van der Waals surface area contributed by atoms with Gasteiger partial charge in [-0.3, -0.25) is 4.90 Å². The van der Waals surface area contributed by atoms with Gasteiger partial charge in [0.05, 0.1) is 7.11 Å². The second-order valence-electron chi connectivity index (χ2n) is 5.35. The van der Waals surface area contributed by atoms with Gasteiger partial charge in [0, 0.05) is 18.7 Å². The number of ether oxygens (including phenoxy) is 1. The average Bonchev–Trinajstić information content (AvgIpc) is 3.23. The van der Waals surface area contributed by atoms with Crippen LogP contribution in [0.15, 0.2) is 30.3 Å². The van der Waals surface area contributed by atoms with E-state index in [9.17, 15) is 0 Å². The third-order valence-corrected chi connectivity index (χ3v) is 3.55. The minimum Gasteiger partial charge on any atom is -0.496 e. The van der Waals surface area contributed by atoms with Crippen LogP contribution in [0.4, 0.5) is 0 Å². The van der Waals surface area contributed by atoms with Gasteiger partial charge in [-0.2, -0.15) is 0 Å². The van der Waals surface area contributed by atoms with E-state index < -0.39 is 0 Å². The van der Waals surface area contributed by atoms with Gasteiger partial charge in [-0.15, -0.1) is 0 Å². The van der Waals surface area contributed by atoms with Crippen LogP contribution in [-0.4, -0.2) is 31.6 Å². The lowest BCUT2D eigenvalue weighted by atomic mass is 10.2. The predicted octanol–water partition coefficient (Wildman–Crippen LogP) is 3.83. The molecule has 1 fully saturated rings. The average molecular weight is 259 g/mol. The predicted molar refractivity (Wildman–Crippen MR) is 81.5 cm³/mol. The highest BCUT2D eigenvalue weighted by Gasteiger charge is 2.23. The molecular weight excluding hydrogens is 234 g/mol. The molecule has 0 spiro atoms. The molecule has 0 unspecified atom stereocenters. The van der Waals surface area contributed by atoms with E-state index in [0.717, 1.165) is 23.8 Å². The van der Waals surface area contributed by atoms with Crippen LogP contribution < -0.4 is 4.74 Å². The Morgan fingerprint density at radius 1 is 1.32 bits per heavy atom. The highest BCUT2D eigenvalue weighted by atomic mass is 16.5. The molecule has 2 heteroatoms. The quantitative estimate of drug-likeness (QED) is 0.703. The van der Waals surface area contributed by atoms with Crippen molar-refractivity contribution in [2.75, 3.05) is 26.7 Å². The molecular formula is C17H25NO. The normalized spacial score (nSPS) is 15.3. The Balaban J connectivity index is 1.89. The molecule has 0 atom stereocenters. The summed E-state index contributed by atoms with van der Waals surface area (Å²) in [5, 5.41) is 0. The minimum atomic E-state index is 0.947. The van der Waals surface area contributed by atoms with Crippen LogP contribution in [0.2, 0.25) is 0 Å². The van der Waals surface area contributed by atoms with E-state index in [2.05, 4.69) is 36.1 Å². The van der Waals surface area contributed by atoms with Gasteiger partial charge in [-0.1, -0.05) is 37.3 Å². The number of nitrogens with zero attached hydrogens (tertiary/aromatic N) is 1. The van der Waals surface area contributed by atoms with Crippen LogP contribution >= 0.6 is 0 Å². The summed E-state index contributed by atoms with van der Waals surface area (Å²) in [4.78, 5) is 2.56. The van der Waals surface area contributed by atoms with Crippen molar-refractivity contribution < 1.29 is 4.74 Å². The fourth-order valence-corrected chi connectivity index (χ4v) is 2.37. The summed E-state index contributed by atoms with van der Waals surface area (Å²) in [6.07, 6.45) is 8.52. The SMILES string of the molecule is CCCN(C/C=C/c1ccccc1OC)CC1CC1. The van der Waals surface area contributed by atoms with Crippen molar-refractivity contribution in [1.82, 2.24) is 4.90 Å². The van der Waals surface area contributed by atoms with E-state index in [1.165, 1.54) is 32.4 Å². The molecule has 104 valence electrons. The van der Waals surface area contributed by atoms with E-state index >= 15 is 0 Å². The first-order valence-electron chi connectivity index (χ1n) is 7.35. The number of para-hydroxylation sites is 1. The van der Waals surface area contributed by atoms with Gasteiger partial charge < -0.3 is 4.74 Å². The number of methoxy groups -OCH3 is 1. The largest absolute Gasteiger partial charge is 0.496 e. The minimum absolute atomic E-state index is 0.947. The first-order chi connectivity index (χ1) is 9.33. The molecule has 0 N–H and O–H groups in total. The molecule has 0 amide bonds. The summed E-state index contributed by atoms with van der Waals surface area (Å²) >= 11 is 0. The van der Waals surface area contributed by atoms with Crippen LogP contribution in [0.5, 0.6) is 5.75 Å². The maximum Gasteiger partial charge on any atom is 0.126 e. The highest BCUT2D eigenvalue weighted by molar-refractivity contribution is 5.57. The van der Waals surface area contributed by atoms with Crippen LogP contribution in [0.3, 0.4) is 0 Å². The maximum atomic E-state index is 5.36. The number of benzene rings is 1. The Hall–Kier alpha value is -1.28. The van der Waals surface area contributed by atoms with Crippen molar-refractivity contribution in [2.45, 2.75) is 26.2 Å². The molecule has 1 aromatic carbocycles. The first-order valence-corrected chi connectivity index (χ1v) is 7.35. The molecule has 2 nitrogen and oxygen atoms in total. The zero-order valence-electron chi connectivity index (χ0n) is 12.1. The van der Waals surface area contributed by atoms with Crippen molar-refractivity contribution in [1.29, 1.82) is 0 Å². The summed E-state index contributed by atoms with van der Waals surface area (Å²) in [5.74, 6) is 1.91. The first kappa shape index (κ1) is 14.1. The molecule has 0 saturated heterocycles. The summed E-state index contributed by atoms with van der Waals surface area (Å²) in [6.45, 7) is 5.77. The lowest BCUT2D eigenvalue weighted by Gasteiger charge is -2.19. The molecule has 1 aliphatic rings. The fraction of sp³-hybridized carbons (Fsp3) is 0.529. The van der Waals surface area contributed by atoms with E-state index in [-0.39, 0.29) is 0 Å². The van der Waals surface area contributed by atoms with Crippen molar-refractivity contribution >= 4 is 6.08 Å². The zero-order chi connectivity index (χ0) is 13.5. The van der Waals surface area contributed by atoms with Gasteiger partial charge in [0.25, 0.3) is 0 Å². The van der Waals surface area contributed by atoms with Crippen molar-refractivity contribution in [3.63, 3.8) is 0 Å². The maximum absolute atomic E-state index is 5.36. The van der Waals surface area contributed by atoms with Crippen molar-refractivity contribution in [3.8, 4) is 5.75 Å². The Bertz CT molecular complexity index is 409. The van der Waals surface area contributed by atoms with Gasteiger partial charge in [-0.05, 0) is 37.8 Å². The van der Waals surface area contributed by atoms with Gasteiger partial charge in [0.2, 0.25) is 0 Å². The summed E-state index contributed by atoms with van der Waals surface area (Å²) in [6, 6.07) is 8.16. The number of hydrogen-bond donors (Lipinski definition) is 0. The number of hydrogen-bond acceptors (Lipinski definition) is 2. The van der Waals surface area contributed by atoms with Crippen molar-refractivity contribution in [2.24, 2.45) is 5.92 Å². The Morgan fingerprint density at radius 2 is 2.11 bits per heavy atom. The lowest BCUT2D eigenvalue weighted by Crippen LogP contribution is -2.26. The summed E-state index contributed by atoms with van der Waals surface area (Å²) in [7, 11) is 1.73. The topological polar surface area (TPSA) is 12.5 Å². The van der Waals surface area contributed by atoms with E-state index in [1.54, 1.807) is 7.11 Å². The Kier molecular flexibility index (Phi) is 5.46. The smallest absolute Gasteiger partial charge is 0.126 e. The summed E-state index contributed by atoms with van der Waals surface area (Å²) in [5.41, 5.74) is 1.16. The van der Waals surface area contributed by atoms with Crippen molar-refractivity contribution in [3.05, 3.63) is 35.9 Å². The van der Waals surface area contributed by atoms with Crippen LogP contribution in [0.25, 0.3) is 6.08 Å². The van der Waals surface area contributed by atoms with Gasteiger partial charge in [-0.25, -0.2) is 0 Å². The zero-order valence-corrected chi connectivity index (χ0v) is 12.1. The standard InChI is InChI=1S/C17H25NO/c1-3-12-18(14-15-10-11-15)13-6-8-16-7-4-5-9-17(16)19-2/h4-9,15H,3,10-14H2,1-2H3/b8-6+. The van der Waals surface area contributed by atoms with Crippen LogP contribution in [0, 0.1) is 5.92 Å². The second kappa shape index (κ2) is 7.34. The molecule has 0 heterocycles. The second-order valence-corrected chi connectivity index (χ2v) is 5.35. The van der Waals surface area contributed by atoms with Crippen LogP contribution in [-0.2, 0) is 0 Å². The van der Waals surface area contributed by atoms with Gasteiger partial charge in [0.15, 0.2) is 0 Å². The van der Waals surface area contributed by atoms with Crippen LogP contribution in [0.1, 0.15) is 31.7 Å². The van der Waals surface area contributed by atoms with Gasteiger partial charge >= 0.3 is 0 Å². The molecule has 19 heavy (non-hydrogen) atoms. The summed E-state index contributed by atoms with van der Waals surface area (Å²) < 4.78 is 5.36.